The topological polar surface area (TPSA) is 50.7 Å². The maximum atomic E-state index is 4.67. The van der Waals surface area contributed by atoms with Gasteiger partial charge in [0.1, 0.15) is 5.82 Å². The maximum absolute atomic E-state index is 4.67. The van der Waals surface area contributed by atoms with E-state index in [4.69, 9.17) is 0 Å². The molecule has 0 spiro atoms. The lowest BCUT2D eigenvalue weighted by Crippen LogP contribution is -2.27. The Bertz CT molecular complexity index is 729. The number of aromatic nitrogens is 3. The summed E-state index contributed by atoms with van der Waals surface area (Å²) in [6.07, 6.45) is 1.76. The molecule has 20 heavy (non-hydrogen) atoms. The molecule has 0 aromatic carbocycles. The quantitative estimate of drug-likeness (QED) is 0.773. The first-order valence-corrected chi connectivity index (χ1v) is 7.41. The fourth-order valence-electron chi connectivity index (χ4n) is 1.93. The third-order valence-electron chi connectivity index (χ3n) is 2.74. The molecule has 0 aliphatic rings. The van der Waals surface area contributed by atoms with Crippen LogP contribution in [0.15, 0.2) is 35.2 Å². The molecule has 0 unspecified atom stereocenters. The zero-order chi connectivity index (χ0) is 14.2. The Hall–Kier alpha value is -2.01. The van der Waals surface area contributed by atoms with Crippen LogP contribution in [0.5, 0.6) is 0 Å². The van der Waals surface area contributed by atoms with E-state index in [1.54, 1.807) is 17.5 Å². The first kappa shape index (κ1) is 13.0. The van der Waals surface area contributed by atoms with Crippen molar-refractivity contribution in [3.05, 3.63) is 35.2 Å². The minimum absolute atomic E-state index is 0.0664. The smallest absolute Gasteiger partial charge is 0.165 e. The fourth-order valence-corrected chi connectivity index (χ4v) is 2.57. The summed E-state index contributed by atoms with van der Waals surface area (Å²) in [7, 11) is 0. The molecule has 102 valence electrons. The van der Waals surface area contributed by atoms with Crippen molar-refractivity contribution in [3.63, 3.8) is 0 Å². The molecule has 0 aliphatic heterocycles. The molecule has 0 saturated heterocycles. The van der Waals surface area contributed by atoms with Crippen LogP contribution in [0.4, 0.5) is 5.82 Å². The number of thiophene rings is 1. The molecule has 1 N–H and O–H groups in total. The minimum atomic E-state index is -0.0664. The minimum Gasteiger partial charge on any atom is -0.365 e. The molecule has 3 aromatic rings. The Morgan fingerprint density at radius 3 is 2.70 bits per heavy atom. The number of nitrogens with zero attached hydrogens (tertiary/aromatic N) is 3. The van der Waals surface area contributed by atoms with E-state index >= 15 is 0 Å². The van der Waals surface area contributed by atoms with Crippen molar-refractivity contribution in [2.24, 2.45) is 0 Å². The molecule has 3 aromatic heterocycles. The first-order chi connectivity index (χ1) is 9.53. The van der Waals surface area contributed by atoms with Crippen molar-refractivity contribution in [1.82, 2.24) is 15.0 Å². The molecule has 0 radical (unpaired) electrons. The van der Waals surface area contributed by atoms with Gasteiger partial charge in [0.15, 0.2) is 11.5 Å². The Balaban J connectivity index is 2.20. The Morgan fingerprint density at radius 1 is 1.15 bits per heavy atom. The molecular weight excluding hydrogens is 268 g/mol. The van der Waals surface area contributed by atoms with Gasteiger partial charge in [0.25, 0.3) is 0 Å². The highest BCUT2D eigenvalue weighted by molar-refractivity contribution is 7.08. The molecule has 0 bridgehead atoms. The molecule has 5 heteroatoms. The standard InChI is InChI=1S/C15H16N4S/c1-15(2,3)19-14-11-5-4-7-16-13(11)17-12(18-14)10-6-8-20-9-10/h4-9H,1-3H3,(H,16,17,18,19). The first-order valence-electron chi connectivity index (χ1n) is 6.46. The number of anilines is 1. The Morgan fingerprint density at radius 2 is 2.00 bits per heavy atom. The third kappa shape index (κ3) is 2.63. The van der Waals surface area contributed by atoms with Crippen LogP contribution in [-0.2, 0) is 0 Å². The predicted octanol–water partition coefficient (Wildman–Crippen LogP) is 3.96. The molecule has 0 saturated carbocycles. The van der Waals surface area contributed by atoms with E-state index in [0.717, 1.165) is 22.4 Å². The van der Waals surface area contributed by atoms with E-state index in [0.29, 0.717) is 5.82 Å². The Labute approximate surface area is 121 Å². The summed E-state index contributed by atoms with van der Waals surface area (Å²) in [6.45, 7) is 6.34. The Kier molecular flexibility index (Phi) is 3.14. The van der Waals surface area contributed by atoms with Gasteiger partial charge in [0, 0.05) is 22.7 Å². The van der Waals surface area contributed by atoms with Gasteiger partial charge >= 0.3 is 0 Å². The SMILES string of the molecule is CC(C)(C)Nc1nc(-c2ccsc2)nc2ncccc12. The average molecular weight is 284 g/mol. The van der Waals surface area contributed by atoms with Gasteiger partial charge in [0.2, 0.25) is 0 Å². The van der Waals surface area contributed by atoms with Crippen LogP contribution in [-0.4, -0.2) is 20.5 Å². The highest BCUT2D eigenvalue weighted by Gasteiger charge is 2.15. The fraction of sp³-hybridized carbons (Fsp3) is 0.267. The van der Waals surface area contributed by atoms with Crippen molar-refractivity contribution in [2.75, 3.05) is 5.32 Å². The van der Waals surface area contributed by atoms with Crippen LogP contribution < -0.4 is 5.32 Å². The van der Waals surface area contributed by atoms with Crippen LogP contribution in [0.2, 0.25) is 0 Å². The molecule has 3 heterocycles. The molecule has 0 aliphatic carbocycles. The van der Waals surface area contributed by atoms with Crippen LogP contribution in [0, 0.1) is 0 Å². The van der Waals surface area contributed by atoms with E-state index in [-0.39, 0.29) is 5.54 Å². The summed E-state index contributed by atoms with van der Waals surface area (Å²) in [5.41, 5.74) is 1.68. The number of pyridine rings is 1. The van der Waals surface area contributed by atoms with Crippen molar-refractivity contribution in [1.29, 1.82) is 0 Å². The van der Waals surface area contributed by atoms with Gasteiger partial charge < -0.3 is 5.32 Å². The number of hydrogen-bond donors (Lipinski definition) is 1. The summed E-state index contributed by atoms with van der Waals surface area (Å²) in [6, 6.07) is 5.92. The lowest BCUT2D eigenvalue weighted by molar-refractivity contribution is 0.631. The van der Waals surface area contributed by atoms with Gasteiger partial charge in [-0.1, -0.05) is 0 Å². The number of fused-ring (bicyclic) bond motifs is 1. The highest BCUT2D eigenvalue weighted by atomic mass is 32.1. The lowest BCUT2D eigenvalue weighted by atomic mass is 10.1. The summed E-state index contributed by atoms with van der Waals surface area (Å²) < 4.78 is 0. The zero-order valence-corrected chi connectivity index (χ0v) is 12.5. The van der Waals surface area contributed by atoms with Crippen LogP contribution in [0.25, 0.3) is 22.4 Å². The van der Waals surface area contributed by atoms with Gasteiger partial charge in [-0.2, -0.15) is 11.3 Å². The second kappa shape index (κ2) is 4.83. The van der Waals surface area contributed by atoms with Crippen LogP contribution in [0.3, 0.4) is 0 Å². The monoisotopic (exact) mass is 284 g/mol. The molecular formula is C15H16N4S. The van der Waals surface area contributed by atoms with E-state index in [1.165, 1.54) is 0 Å². The van der Waals surface area contributed by atoms with E-state index in [9.17, 15) is 0 Å². The summed E-state index contributed by atoms with van der Waals surface area (Å²) in [5, 5.41) is 8.46. The summed E-state index contributed by atoms with van der Waals surface area (Å²) in [5.74, 6) is 1.54. The lowest BCUT2D eigenvalue weighted by Gasteiger charge is -2.22. The second-order valence-corrected chi connectivity index (χ2v) is 6.44. The maximum Gasteiger partial charge on any atom is 0.165 e. The highest BCUT2D eigenvalue weighted by Crippen LogP contribution is 2.26. The average Bonchev–Trinajstić information content (AvgIpc) is 2.90. The molecule has 3 rings (SSSR count). The van der Waals surface area contributed by atoms with Gasteiger partial charge in [-0.3, -0.25) is 0 Å². The molecule has 4 nitrogen and oxygen atoms in total. The largest absolute Gasteiger partial charge is 0.365 e. The van der Waals surface area contributed by atoms with Gasteiger partial charge in [0.05, 0.1) is 5.39 Å². The van der Waals surface area contributed by atoms with Gasteiger partial charge in [-0.25, -0.2) is 15.0 Å². The normalized spacial score (nSPS) is 11.8. The second-order valence-electron chi connectivity index (χ2n) is 5.66. The van der Waals surface area contributed by atoms with E-state index in [1.807, 2.05) is 29.0 Å². The zero-order valence-electron chi connectivity index (χ0n) is 11.7. The van der Waals surface area contributed by atoms with Crippen LogP contribution >= 0.6 is 11.3 Å². The number of rotatable bonds is 2. The summed E-state index contributed by atoms with van der Waals surface area (Å²) >= 11 is 1.64. The van der Waals surface area contributed by atoms with Gasteiger partial charge in [-0.05, 0) is 44.4 Å². The van der Waals surface area contributed by atoms with Crippen LogP contribution in [0.1, 0.15) is 20.8 Å². The molecule has 0 atom stereocenters. The number of nitrogens with one attached hydrogen (secondary N) is 1. The molecule has 0 fully saturated rings. The van der Waals surface area contributed by atoms with Crippen molar-refractivity contribution >= 4 is 28.2 Å². The third-order valence-corrected chi connectivity index (χ3v) is 3.43. The van der Waals surface area contributed by atoms with Gasteiger partial charge in [-0.15, -0.1) is 0 Å². The van der Waals surface area contributed by atoms with Crippen molar-refractivity contribution < 1.29 is 0 Å². The number of hydrogen-bond acceptors (Lipinski definition) is 5. The predicted molar refractivity (Wildman–Crippen MR) is 84.0 cm³/mol. The van der Waals surface area contributed by atoms with E-state index < -0.39 is 0 Å². The van der Waals surface area contributed by atoms with Crippen molar-refractivity contribution in [2.45, 2.75) is 26.3 Å². The summed E-state index contributed by atoms with van der Waals surface area (Å²) in [4.78, 5) is 13.6. The molecule has 0 amide bonds. The van der Waals surface area contributed by atoms with Crippen molar-refractivity contribution in [3.8, 4) is 11.4 Å². The van der Waals surface area contributed by atoms with E-state index in [2.05, 4.69) is 41.0 Å².